The van der Waals surface area contributed by atoms with E-state index in [0.717, 1.165) is 40.3 Å². The molecule has 120 valence electrons. The Bertz CT molecular complexity index is 776. The van der Waals surface area contributed by atoms with Crippen LogP contribution in [0.2, 0.25) is 0 Å². The van der Waals surface area contributed by atoms with Crippen LogP contribution in [0, 0.1) is 12.8 Å². The first-order valence-corrected chi connectivity index (χ1v) is 9.43. The third-order valence-corrected chi connectivity index (χ3v) is 6.17. The fourth-order valence-corrected chi connectivity index (χ4v) is 4.57. The molecule has 2 aromatic heterocycles. The summed E-state index contributed by atoms with van der Waals surface area (Å²) >= 11 is 2.99. The maximum Gasteiger partial charge on any atom is 0.264 e. The minimum absolute atomic E-state index is 0.0816. The standard InChI is InChI=1S/C16H17N3O2S2/c1-9-6-12(22-8-9)15(21)19-5-4-11-13(7-19)23-16(17-11)18-14(20)10-2-3-10/h6,8,10H,2-5,7H2,1H3,(H,17,18,20). The molecule has 1 aliphatic carbocycles. The summed E-state index contributed by atoms with van der Waals surface area (Å²) < 4.78 is 0. The molecule has 1 aliphatic heterocycles. The van der Waals surface area contributed by atoms with E-state index in [0.29, 0.717) is 18.2 Å². The zero-order chi connectivity index (χ0) is 16.0. The summed E-state index contributed by atoms with van der Waals surface area (Å²) in [5.74, 6) is 0.347. The maximum atomic E-state index is 12.6. The number of anilines is 1. The van der Waals surface area contributed by atoms with Gasteiger partial charge in [0.05, 0.1) is 17.1 Å². The van der Waals surface area contributed by atoms with Crippen molar-refractivity contribution in [1.29, 1.82) is 0 Å². The molecule has 1 fully saturated rings. The van der Waals surface area contributed by atoms with Gasteiger partial charge in [0.1, 0.15) is 0 Å². The van der Waals surface area contributed by atoms with Crippen molar-refractivity contribution in [2.24, 2.45) is 5.92 Å². The number of rotatable bonds is 3. The lowest BCUT2D eigenvalue weighted by Gasteiger charge is -2.25. The Morgan fingerprint density at radius 3 is 2.91 bits per heavy atom. The Morgan fingerprint density at radius 2 is 2.22 bits per heavy atom. The minimum Gasteiger partial charge on any atom is -0.332 e. The van der Waals surface area contributed by atoms with Crippen molar-refractivity contribution in [2.45, 2.75) is 32.7 Å². The van der Waals surface area contributed by atoms with Gasteiger partial charge in [-0.2, -0.15) is 0 Å². The lowest BCUT2D eigenvalue weighted by molar-refractivity contribution is -0.117. The molecule has 2 amide bonds. The second-order valence-electron chi connectivity index (χ2n) is 6.12. The summed E-state index contributed by atoms with van der Waals surface area (Å²) in [4.78, 5) is 32.7. The molecule has 4 rings (SSSR count). The molecule has 0 bridgehead atoms. The largest absolute Gasteiger partial charge is 0.332 e. The van der Waals surface area contributed by atoms with Gasteiger partial charge in [0, 0.05) is 23.8 Å². The quantitative estimate of drug-likeness (QED) is 0.928. The van der Waals surface area contributed by atoms with E-state index in [4.69, 9.17) is 0 Å². The molecule has 0 atom stereocenters. The van der Waals surface area contributed by atoms with E-state index in [-0.39, 0.29) is 17.7 Å². The zero-order valence-electron chi connectivity index (χ0n) is 12.8. The molecule has 5 nitrogen and oxygen atoms in total. The van der Waals surface area contributed by atoms with Crippen molar-refractivity contribution < 1.29 is 9.59 Å². The van der Waals surface area contributed by atoms with Crippen molar-refractivity contribution in [1.82, 2.24) is 9.88 Å². The van der Waals surface area contributed by atoms with E-state index in [1.165, 1.54) is 22.7 Å². The van der Waals surface area contributed by atoms with Gasteiger partial charge in [-0.25, -0.2) is 4.98 Å². The Morgan fingerprint density at radius 1 is 1.39 bits per heavy atom. The highest BCUT2D eigenvalue weighted by molar-refractivity contribution is 7.16. The van der Waals surface area contributed by atoms with Crippen LogP contribution in [0.4, 0.5) is 5.13 Å². The molecule has 1 N–H and O–H groups in total. The number of nitrogens with zero attached hydrogens (tertiary/aromatic N) is 2. The van der Waals surface area contributed by atoms with E-state index in [1.54, 1.807) is 0 Å². The fourth-order valence-electron chi connectivity index (χ4n) is 2.67. The number of hydrogen-bond donors (Lipinski definition) is 1. The number of thiazole rings is 1. The van der Waals surface area contributed by atoms with Gasteiger partial charge in [-0.15, -0.1) is 11.3 Å². The molecule has 2 aliphatic rings. The SMILES string of the molecule is Cc1csc(C(=O)N2CCc3nc(NC(=O)C4CC4)sc3C2)c1. The number of nitrogens with one attached hydrogen (secondary N) is 1. The number of carbonyl (C=O) groups is 2. The average molecular weight is 347 g/mol. The number of aromatic nitrogens is 1. The summed E-state index contributed by atoms with van der Waals surface area (Å²) in [7, 11) is 0. The van der Waals surface area contributed by atoms with Gasteiger partial charge in [0.15, 0.2) is 5.13 Å². The second kappa shape index (κ2) is 5.72. The van der Waals surface area contributed by atoms with Crippen LogP contribution in [-0.4, -0.2) is 28.2 Å². The smallest absolute Gasteiger partial charge is 0.264 e. The van der Waals surface area contributed by atoms with Crippen LogP contribution < -0.4 is 5.32 Å². The third-order valence-electron chi connectivity index (χ3n) is 4.14. The monoisotopic (exact) mass is 347 g/mol. The summed E-state index contributed by atoms with van der Waals surface area (Å²) in [6.45, 7) is 3.27. The average Bonchev–Trinajstić information content (AvgIpc) is 3.18. The van der Waals surface area contributed by atoms with E-state index in [2.05, 4.69) is 10.3 Å². The lowest BCUT2D eigenvalue weighted by Crippen LogP contribution is -2.35. The number of fused-ring (bicyclic) bond motifs is 1. The Labute approximate surface area is 142 Å². The van der Waals surface area contributed by atoms with Gasteiger partial charge < -0.3 is 10.2 Å². The molecule has 2 aromatic rings. The third kappa shape index (κ3) is 3.03. The molecule has 3 heterocycles. The van der Waals surface area contributed by atoms with Gasteiger partial charge in [-0.3, -0.25) is 9.59 Å². The molecule has 23 heavy (non-hydrogen) atoms. The fraction of sp³-hybridized carbons (Fsp3) is 0.438. The van der Waals surface area contributed by atoms with E-state index < -0.39 is 0 Å². The first-order valence-electron chi connectivity index (χ1n) is 7.74. The Hall–Kier alpha value is -1.73. The topological polar surface area (TPSA) is 62.3 Å². The van der Waals surface area contributed by atoms with Crippen LogP contribution >= 0.6 is 22.7 Å². The van der Waals surface area contributed by atoms with Crippen LogP contribution in [0.25, 0.3) is 0 Å². The van der Waals surface area contributed by atoms with Crippen LogP contribution in [0.15, 0.2) is 11.4 Å². The van der Waals surface area contributed by atoms with Crippen molar-refractivity contribution in [3.63, 3.8) is 0 Å². The summed E-state index contributed by atoms with van der Waals surface area (Å²) in [6, 6.07) is 1.94. The van der Waals surface area contributed by atoms with E-state index in [1.807, 2.05) is 23.3 Å². The molecule has 0 saturated heterocycles. The lowest BCUT2D eigenvalue weighted by atomic mass is 10.1. The Balaban J connectivity index is 1.47. The van der Waals surface area contributed by atoms with Crippen LogP contribution in [-0.2, 0) is 17.8 Å². The van der Waals surface area contributed by atoms with Gasteiger partial charge in [-0.05, 0) is 36.8 Å². The normalized spacial score (nSPS) is 17.0. The van der Waals surface area contributed by atoms with Crippen LogP contribution in [0.5, 0.6) is 0 Å². The summed E-state index contributed by atoms with van der Waals surface area (Å²) in [5, 5.41) is 5.58. The molecule has 0 aromatic carbocycles. The minimum atomic E-state index is 0.0816. The summed E-state index contributed by atoms with van der Waals surface area (Å²) in [6.07, 6.45) is 2.72. The first-order chi connectivity index (χ1) is 11.1. The molecular formula is C16H17N3O2S2. The van der Waals surface area contributed by atoms with Crippen molar-refractivity contribution in [3.05, 3.63) is 32.5 Å². The molecule has 1 saturated carbocycles. The van der Waals surface area contributed by atoms with Crippen molar-refractivity contribution in [2.75, 3.05) is 11.9 Å². The van der Waals surface area contributed by atoms with E-state index >= 15 is 0 Å². The second-order valence-corrected chi connectivity index (χ2v) is 8.11. The number of thiophene rings is 1. The number of hydrogen-bond acceptors (Lipinski definition) is 5. The maximum absolute atomic E-state index is 12.6. The van der Waals surface area contributed by atoms with Gasteiger partial charge >= 0.3 is 0 Å². The molecule has 0 radical (unpaired) electrons. The summed E-state index contributed by atoms with van der Waals surface area (Å²) in [5.41, 5.74) is 2.14. The van der Waals surface area contributed by atoms with Gasteiger partial charge in [0.2, 0.25) is 5.91 Å². The van der Waals surface area contributed by atoms with Crippen LogP contribution in [0.1, 0.15) is 38.6 Å². The van der Waals surface area contributed by atoms with Crippen LogP contribution in [0.3, 0.4) is 0 Å². The number of amides is 2. The highest BCUT2D eigenvalue weighted by Gasteiger charge is 2.31. The van der Waals surface area contributed by atoms with Gasteiger partial charge in [0.25, 0.3) is 5.91 Å². The number of carbonyl (C=O) groups excluding carboxylic acids is 2. The molecular weight excluding hydrogens is 330 g/mol. The highest BCUT2D eigenvalue weighted by Crippen LogP contribution is 2.33. The molecule has 0 spiro atoms. The van der Waals surface area contributed by atoms with E-state index in [9.17, 15) is 9.59 Å². The van der Waals surface area contributed by atoms with Gasteiger partial charge in [-0.1, -0.05) is 11.3 Å². The number of aryl methyl sites for hydroxylation is 1. The Kier molecular flexibility index (Phi) is 3.69. The highest BCUT2D eigenvalue weighted by atomic mass is 32.1. The predicted molar refractivity (Wildman–Crippen MR) is 91.0 cm³/mol. The molecule has 7 heteroatoms. The predicted octanol–water partition coefficient (Wildman–Crippen LogP) is 3.06. The molecule has 0 unspecified atom stereocenters. The van der Waals surface area contributed by atoms with Crippen molar-refractivity contribution >= 4 is 39.6 Å². The zero-order valence-corrected chi connectivity index (χ0v) is 14.4. The van der Waals surface area contributed by atoms with Crippen molar-refractivity contribution in [3.8, 4) is 0 Å². The first kappa shape index (κ1) is 14.8.